The minimum Gasteiger partial charge on any atom is -0.326 e. The maximum atomic E-state index is 11.4. The summed E-state index contributed by atoms with van der Waals surface area (Å²) < 4.78 is 0. The molecule has 25 heavy (non-hydrogen) atoms. The highest BCUT2D eigenvalue weighted by Gasteiger charge is 2.13. The Morgan fingerprint density at radius 1 is 1.32 bits per heavy atom. The van der Waals surface area contributed by atoms with Crippen molar-refractivity contribution in [1.82, 2.24) is 5.43 Å². The van der Waals surface area contributed by atoms with Crippen LogP contribution in [0.4, 0.5) is 5.69 Å². The number of carbonyl (C=O) groups excluding carboxylic acids is 1. The van der Waals surface area contributed by atoms with Crippen LogP contribution in [0.25, 0.3) is 0 Å². The number of hydrogen-bond acceptors (Lipinski definition) is 5. The summed E-state index contributed by atoms with van der Waals surface area (Å²) in [5, 5.41) is 10.2. The lowest BCUT2D eigenvalue weighted by Crippen LogP contribution is -2.25. The molecule has 1 aliphatic heterocycles. The molecule has 0 saturated heterocycles. The zero-order valence-electron chi connectivity index (χ0n) is 14.0. The van der Waals surface area contributed by atoms with Gasteiger partial charge in [-0.2, -0.15) is 5.10 Å². The first kappa shape index (κ1) is 17.7. The number of anilines is 1. The Morgan fingerprint density at radius 3 is 2.80 bits per heavy atom. The number of amidine groups is 1. The van der Waals surface area contributed by atoms with Crippen LogP contribution in [0, 0.1) is 0 Å². The van der Waals surface area contributed by atoms with Gasteiger partial charge < -0.3 is 5.32 Å². The zero-order chi connectivity index (χ0) is 17.5. The van der Waals surface area contributed by atoms with Crippen LogP contribution in [0.3, 0.4) is 0 Å². The highest BCUT2D eigenvalue weighted by Crippen LogP contribution is 2.17. The number of carbonyl (C=O) groups is 1. The van der Waals surface area contributed by atoms with Gasteiger partial charge in [-0.3, -0.25) is 15.2 Å². The molecule has 2 aromatic rings. The molecule has 130 valence electrons. The number of amides is 1. The van der Waals surface area contributed by atoms with Gasteiger partial charge >= 0.3 is 0 Å². The van der Waals surface area contributed by atoms with Crippen LogP contribution in [-0.2, 0) is 11.2 Å². The van der Waals surface area contributed by atoms with Gasteiger partial charge in [0.25, 0.3) is 0 Å². The summed E-state index contributed by atoms with van der Waals surface area (Å²) in [7, 11) is 0. The first-order chi connectivity index (χ1) is 12.2. The molecule has 0 spiro atoms. The Labute approximate surface area is 155 Å². The highest BCUT2D eigenvalue weighted by atomic mass is 32.2. The normalized spacial score (nSPS) is 15.6. The van der Waals surface area contributed by atoms with Gasteiger partial charge in [-0.05, 0) is 29.1 Å². The average Bonchev–Trinajstić information content (AvgIpc) is 3.16. The van der Waals surface area contributed by atoms with Crippen molar-refractivity contribution in [1.29, 1.82) is 0 Å². The Kier molecular flexibility index (Phi) is 6.25. The van der Waals surface area contributed by atoms with Gasteiger partial charge in [0.05, 0.1) is 5.71 Å². The van der Waals surface area contributed by atoms with E-state index < -0.39 is 0 Å². The number of thiophene rings is 1. The first-order valence-electron chi connectivity index (χ1n) is 8.17. The molecule has 0 unspecified atom stereocenters. The van der Waals surface area contributed by atoms with Gasteiger partial charge in [0, 0.05) is 35.7 Å². The van der Waals surface area contributed by atoms with E-state index in [2.05, 4.69) is 38.3 Å². The summed E-state index contributed by atoms with van der Waals surface area (Å²) in [6.45, 7) is 2.61. The fourth-order valence-corrected chi connectivity index (χ4v) is 3.76. The molecule has 0 bridgehead atoms. The average molecular weight is 373 g/mol. The maximum Gasteiger partial charge on any atom is 0.224 e. The second-order valence-corrected chi connectivity index (χ2v) is 7.45. The van der Waals surface area contributed by atoms with Crippen molar-refractivity contribution in [3.63, 3.8) is 0 Å². The number of rotatable bonds is 6. The van der Waals surface area contributed by atoms with Gasteiger partial charge in [-0.1, -0.05) is 36.9 Å². The van der Waals surface area contributed by atoms with E-state index in [1.54, 1.807) is 23.1 Å². The second-order valence-electron chi connectivity index (χ2n) is 5.45. The molecule has 1 aromatic carbocycles. The molecule has 3 rings (SSSR count). The largest absolute Gasteiger partial charge is 0.326 e. The first-order valence-corrected chi connectivity index (χ1v) is 10.0. The minimum absolute atomic E-state index is 0.0170. The molecule has 5 nitrogen and oxygen atoms in total. The molecule has 0 atom stereocenters. The van der Waals surface area contributed by atoms with Gasteiger partial charge in [0.15, 0.2) is 5.17 Å². The number of aliphatic imine (C=N–C) groups is 1. The molecule has 0 saturated carbocycles. The predicted octanol–water partition coefficient (Wildman–Crippen LogP) is 3.74. The van der Waals surface area contributed by atoms with Crippen molar-refractivity contribution in [3.8, 4) is 0 Å². The van der Waals surface area contributed by atoms with Crippen LogP contribution in [0.2, 0.25) is 0 Å². The highest BCUT2D eigenvalue weighted by molar-refractivity contribution is 8.14. The van der Waals surface area contributed by atoms with Crippen LogP contribution >= 0.6 is 23.1 Å². The van der Waals surface area contributed by atoms with Crippen molar-refractivity contribution < 1.29 is 4.79 Å². The molecule has 0 fully saturated rings. The maximum absolute atomic E-state index is 11.4. The number of thioether (sulfide) groups is 1. The number of benzene rings is 1. The summed E-state index contributed by atoms with van der Waals surface area (Å²) in [5.74, 6) is 0.800. The third-order valence-corrected chi connectivity index (χ3v) is 5.50. The van der Waals surface area contributed by atoms with E-state index in [0.29, 0.717) is 6.42 Å². The molecule has 2 heterocycles. The van der Waals surface area contributed by atoms with Gasteiger partial charge in [0.1, 0.15) is 0 Å². The lowest BCUT2D eigenvalue weighted by molar-refractivity contribution is -0.115. The van der Waals surface area contributed by atoms with E-state index in [9.17, 15) is 4.79 Å². The van der Waals surface area contributed by atoms with Crippen molar-refractivity contribution in [2.75, 3.05) is 17.6 Å². The van der Waals surface area contributed by atoms with Crippen LogP contribution in [0.1, 0.15) is 23.8 Å². The van der Waals surface area contributed by atoms with Crippen LogP contribution < -0.4 is 10.7 Å². The van der Waals surface area contributed by atoms with Gasteiger partial charge in [0.2, 0.25) is 5.91 Å². The lowest BCUT2D eigenvalue weighted by atomic mass is 10.1. The van der Waals surface area contributed by atoms with Crippen molar-refractivity contribution >= 4 is 45.6 Å². The smallest absolute Gasteiger partial charge is 0.224 e. The third-order valence-electron chi connectivity index (χ3n) is 3.65. The summed E-state index contributed by atoms with van der Waals surface area (Å²) in [6, 6.07) is 12.0. The Hall–Kier alpha value is -2.12. The number of hydrazone groups is 1. The second kappa shape index (κ2) is 8.82. The summed E-state index contributed by atoms with van der Waals surface area (Å²) in [4.78, 5) is 17.3. The number of hydrogen-bond donors (Lipinski definition) is 2. The summed E-state index contributed by atoms with van der Waals surface area (Å²) in [5.41, 5.74) is 5.88. The molecular formula is C18H20N4OS2. The molecular weight excluding hydrogens is 352 g/mol. The van der Waals surface area contributed by atoms with Crippen LogP contribution in [-0.4, -0.2) is 29.1 Å². The number of nitrogens with zero attached hydrogens (tertiary/aromatic N) is 2. The summed E-state index contributed by atoms with van der Waals surface area (Å²) in [6.07, 6.45) is 1.44. The quantitative estimate of drug-likeness (QED) is 0.812. The topological polar surface area (TPSA) is 65.8 Å². The Morgan fingerprint density at radius 2 is 2.16 bits per heavy atom. The van der Waals surface area contributed by atoms with E-state index in [1.165, 1.54) is 4.88 Å². The predicted molar refractivity (Wildman–Crippen MR) is 108 cm³/mol. The lowest BCUT2D eigenvalue weighted by Gasteiger charge is -2.15. The fourth-order valence-electron chi connectivity index (χ4n) is 2.26. The molecule has 0 aliphatic carbocycles. The molecule has 1 aromatic heterocycles. The van der Waals surface area contributed by atoms with Crippen molar-refractivity contribution in [2.24, 2.45) is 10.1 Å². The standard InChI is InChI=1S/C18H20N4OS2/c1-2-17(23)20-14-7-5-13(6-8-14)16-12-25-18(22-21-16)19-10-9-15-4-3-11-24-15/h3-8,11H,2,9-10,12H2,1H3,(H,19,22)(H,20,23). The SMILES string of the molecule is CCC(=O)Nc1ccc(C2=NNC(=NCCc3cccs3)SC2)cc1. The number of nitrogens with one attached hydrogen (secondary N) is 2. The van der Waals surface area contributed by atoms with Crippen molar-refractivity contribution in [2.45, 2.75) is 19.8 Å². The van der Waals surface area contributed by atoms with E-state index in [-0.39, 0.29) is 5.91 Å². The van der Waals surface area contributed by atoms with Crippen LogP contribution in [0.15, 0.2) is 51.9 Å². The molecule has 1 amide bonds. The fraction of sp³-hybridized carbons (Fsp3) is 0.278. The van der Waals surface area contributed by atoms with E-state index in [1.807, 2.05) is 31.2 Å². The molecule has 1 aliphatic rings. The monoisotopic (exact) mass is 372 g/mol. The summed E-state index contributed by atoms with van der Waals surface area (Å²) >= 11 is 3.43. The minimum atomic E-state index is 0.0170. The van der Waals surface area contributed by atoms with Crippen molar-refractivity contribution in [3.05, 3.63) is 52.2 Å². The van der Waals surface area contributed by atoms with E-state index in [0.717, 1.165) is 40.8 Å². The zero-order valence-corrected chi connectivity index (χ0v) is 15.6. The molecule has 0 radical (unpaired) electrons. The van der Waals surface area contributed by atoms with Crippen LogP contribution in [0.5, 0.6) is 0 Å². The van der Waals surface area contributed by atoms with E-state index >= 15 is 0 Å². The third kappa shape index (κ3) is 5.17. The molecule has 2 N–H and O–H groups in total. The Bertz CT molecular complexity index is 767. The Balaban J connectivity index is 1.54. The van der Waals surface area contributed by atoms with E-state index in [4.69, 9.17) is 0 Å². The molecule has 7 heteroatoms. The van der Waals surface area contributed by atoms with Gasteiger partial charge in [-0.25, -0.2) is 0 Å². The van der Waals surface area contributed by atoms with Gasteiger partial charge in [-0.15, -0.1) is 11.3 Å².